The molecule has 0 aromatic rings. The largest absolute Gasteiger partial charge is 0.472 e. The zero-order chi connectivity index (χ0) is 67.5. The van der Waals surface area contributed by atoms with Gasteiger partial charge in [-0.05, 0) is 25.7 Å². The maximum atomic E-state index is 13.0. The zero-order valence-corrected chi connectivity index (χ0v) is 61.3. The standard InChI is InChI=1S/C73H142O17P2/c1-5-9-13-17-21-25-28-30-31-32-33-34-35-36-37-38-40-44-48-52-56-60-73(78)90-69(64-84-71(76)58-54-50-46-43-39-29-26-22-18-14-10-6-2)66-88-92(81,82)86-62-67(74)61-85-91(79,80)87-65-68(63-83-70(75)57-53-49-45-41-24-20-16-12-8-4)89-72(77)59-55-51-47-42-27-23-19-15-11-7-3/h67-69,74H,5-66H2,1-4H3,(H,79,80)(H,81,82)/t67-,68+,69+/m0/s1. The molecule has 19 heteroatoms. The molecule has 0 radical (unpaired) electrons. The fraction of sp³-hybridized carbons (Fsp3) is 0.945. The summed E-state index contributed by atoms with van der Waals surface area (Å²) in [4.78, 5) is 72.5. The van der Waals surface area contributed by atoms with Gasteiger partial charge in [0.2, 0.25) is 0 Å². The molecule has 92 heavy (non-hydrogen) atoms. The van der Waals surface area contributed by atoms with Gasteiger partial charge in [-0.1, -0.05) is 336 Å². The lowest BCUT2D eigenvalue weighted by Crippen LogP contribution is -2.30. The molecular formula is C73H142O17P2. The van der Waals surface area contributed by atoms with Crippen molar-refractivity contribution >= 4 is 39.5 Å². The molecule has 0 saturated heterocycles. The number of aliphatic hydroxyl groups excluding tert-OH is 1. The van der Waals surface area contributed by atoms with E-state index in [2.05, 4.69) is 27.7 Å². The van der Waals surface area contributed by atoms with Gasteiger partial charge in [0.05, 0.1) is 26.4 Å². The third-order valence-corrected chi connectivity index (χ3v) is 19.0. The second kappa shape index (κ2) is 67.6. The van der Waals surface area contributed by atoms with E-state index in [1.807, 2.05) is 0 Å². The van der Waals surface area contributed by atoms with Crippen LogP contribution in [0.3, 0.4) is 0 Å². The average molecular weight is 1350 g/mol. The van der Waals surface area contributed by atoms with Crippen molar-refractivity contribution in [2.45, 2.75) is 406 Å². The highest BCUT2D eigenvalue weighted by Crippen LogP contribution is 2.45. The number of hydrogen-bond donors (Lipinski definition) is 3. The summed E-state index contributed by atoms with van der Waals surface area (Å²) in [6.07, 6.45) is 56.9. The smallest absolute Gasteiger partial charge is 0.462 e. The summed E-state index contributed by atoms with van der Waals surface area (Å²) in [5, 5.41) is 10.6. The molecule has 3 N–H and O–H groups in total. The van der Waals surface area contributed by atoms with Gasteiger partial charge in [0.25, 0.3) is 0 Å². The lowest BCUT2D eigenvalue weighted by Gasteiger charge is -2.21. The van der Waals surface area contributed by atoms with Gasteiger partial charge >= 0.3 is 39.5 Å². The lowest BCUT2D eigenvalue weighted by atomic mass is 10.0. The Kier molecular flexibility index (Phi) is 66.2. The highest BCUT2D eigenvalue weighted by molar-refractivity contribution is 7.47. The molecule has 0 rings (SSSR count). The first-order chi connectivity index (χ1) is 44.7. The van der Waals surface area contributed by atoms with Gasteiger partial charge in [-0.3, -0.25) is 37.3 Å². The predicted molar refractivity (Wildman–Crippen MR) is 372 cm³/mol. The summed E-state index contributed by atoms with van der Waals surface area (Å²) in [6.45, 7) is 4.94. The molecule has 0 aromatic heterocycles. The third-order valence-electron chi connectivity index (χ3n) is 17.1. The molecule has 0 heterocycles. The van der Waals surface area contributed by atoms with Gasteiger partial charge in [-0.25, -0.2) is 9.13 Å². The number of carbonyl (C=O) groups excluding carboxylic acids is 4. The van der Waals surface area contributed by atoms with E-state index in [1.54, 1.807) is 0 Å². The summed E-state index contributed by atoms with van der Waals surface area (Å²) in [6, 6.07) is 0. The van der Waals surface area contributed by atoms with Crippen LogP contribution in [0.5, 0.6) is 0 Å². The molecule has 0 bridgehead atoms. The molecule has 2 unspecified atom stereocenters. The molecule has 0 fully saturated rings. The summed E-state index contributed by atoms with van der Waals surface area (Å²) < 4.78 is 68.3. The van der Waals surface area contributed by atoms with Crippen molar-refractivity contribution in [1.82, 2.24) is 0 Å². The average Bonchev–Trinajstić information content (AvgIpc) is 1.60. The maximum absolute atomic E-state index is 13.0. The van der Waals surface area contributed by atoms with Crippen molar-refractivity contribution in [3.05, 3.63) is 0 Å². The predicted octanol–water partition coefficient (Wildman–Crippen LogP) is 21.4. The van der Waals surface area contributed by atoms with Gasteiger partial charge in [0, 0.05) is 25.7 Å². The molecule has 0 aliphatic carbocycles. The Bertz CT molecular complexity index is 1760. The first-order valence-corrected chi connectivity index (χ1v) is 41.3. The van der Waals surface area contributed by atoms with Crippen LogP contribution in [0.1, 0.15) is 387 Å². The molecule has 5 atom stereocenters. The van der Waals surface area contributed by atoms with Crippen molar-refractivity contribution in [3.8, 4) is 0 Å². The highest BCUT2D eigenvalue weighted by Gasteiger charge is 2.30. The molecule has 17 nitrogen and oxygen atoms in total. The number of carbonyl (C=O) groups is 4. The number of phosphoric acid groups is 2. The van der Waals surface area contributed by atoms with Gasteiger partial charge in [0.15, 0.2) is 12.2 Å². The topological polar surface area (TPSA) is 237 Å². The number of esters is 4. The number of hydrogen-bond acceptors (Lipinski definition) is 15. The Labute approximate surface area is 562 Å². The zero-order valence-electron chi connectivity index (χ0n) is 59.5. The van der Waals surface area contributed by atoms with Crippen molar-refractivity contribution < 1.29 is 80.2 Å². The van der Waals surface area contributed by atoms with E-state index in [4.69, 9.17) is 37.0 Å². The van der Waals surface area contributed by atoms with Crippen LogP contribution in [0.15, 0.2) is 0 Å². The number of aliphatic hydroxyl groups is 1. The lowest BCUT2D eigenvalue weighted by molar-refractivity contribution is -0.161. The van der Waals surface area contributed by atoms with Crippen LogP contribution in [-0.4, -0.2) is 96.7 Å². The first kappa shape index (κ1) is 90.1. The van der Waals surface area contributed by atoms with Gasteiger partial charge < -0.3 is 33.8 Å². The maximum Gasteiger partial charge on any atom is 0.472 e. The van der Waals surface area contributed by atoms with Crippen LogP contribution in [-0.2, 0) is 65.4 Å². The Morgan fingerprint density at radius 1 is 0.261 bits per heavy atom. The molecule has 0 spiro atoms. The van der Waals surface area contributed by atoms with Gasteiger partial charge in [-0.15, -0.1) is 0 Å². The number of phosphoric ester groups is 2. The minimum Gasteiger partial charge on any atom is -0.462 e. The van der Waals surface area contributed by atoms with E-state index in [0.29, 0.717) is 25.7 Å². The fourth-order valence-electron chi connectivity index (χ4n) is 11.2. The van der Waals surface area contributed by atoms with E-state index in [0.717, 1.165) is 89.9 Å². The van der Waals surface area contributed by atoms with Gasteiger partial charge in [-0.2, -0.15) is 0 Å². The van der Waals surface area contributed by atoms with Crippen LogP contribution in [0.4, 0.5) is 0 Å². The van der Waals surface area contributed by atoms with Crippen LogP contribution < -0.4 is 0 Å². The summed E-state index contributed by atoms with van der Waals surface area (Å²) in [7, 11) is -9.90. The number of rotatable bonds is 74. The molecule has 546 valence electrons. The van der Waals surface area contributed by atoms with E-state index >= 15 is 0 Å². The highest BCUT2D eigenvalue weighted by atomic mass is 31.2. The van der Waals surface area contributed by atoms with E-state index in [9.17, 15) is 43.2 Å². The minimum atomic E-state index is -4.95. The molecular weight excluding hydrogens is 1210 g/mol. The number of unbranched alkanes of at least 4 members (excludes halogenated alkanes) is 48. The Balaban J connectivity index is 5.15. The third kappa shape index (κ3) is 66.7. The quantitative estimate of drug-likeness (QED) is 0.0222. The fourth-order valence-corrected chi connectivity index (χ4v) is 12.8. The van der Waals surface area contributed by atoms with E-state index in [-0.39, 0.29) is 25.7 Å². The molecule has 0 aliphatic heterocycles. The van der Waals surface area contributed by atoms with Crippen molar-refractivity contribution in [2.24, 2.45) is 0 Å². The Hall–Kier alpha value is -1.94. The monoisotopic (exact) mass is 1350 g/mol. The molecule has 0 saturated carbocycles. The molecule has 0 aromatic carbocycles. The normalized spacial score (nSPS) is 13.9. The Morgan fingerprint density at radius 2 is 0.435 bits per heavy atom. The second-order valence-corrected chi connectivity index (χ2v) is 29.2. The molecule has 0 aliphatic rings. The SMILES string of the molecule is CCCCCCCCCCCCCCCCCCCCCCCC(=O)O[C@H](COC(=O)CCCCCCCCCCCCCC)COP(=O)(O)OC[C@@H](O)COP(=O)(O)OC[C@@H](COC(=O)CCCCCCCCCCC)OC(=O)CCCCCCCCCCCC. The van der Waals surface area contributed by atoms with Gasteiger partial charge in [0.1, 0.15) is 19.3 Å². The van der Waals surface area contributed by atoms with Crippen LogP contribution in [0.2, 0.25) is 0 Å². The first-order valence-electron chi connectivity index (χ1n) is 38.3. The minimum absolute atomic E-state index is 0.107. The summed E-state index contributed by atoms with van der Waals surface area (Å²) in [5.41, 5.74) is 0. The van der Waals surface area contributed by atoms with Crippen LogP contribution in [0, 0.1) is 0 Å². The van der Waals surface area contributed by atoms with Crippen molar-refractivity contribution in [2.75, 3.05) is 39.6 Å². The van der Waals surface area contributed by atoms with Crippen LogP contribution >= 0.6 is 15.6 Å². The summed E-state index contributed by atoms with van der Waals surface area (Å²) >= 11 is 0. The Morgan fingerprint density at radius 3 is 0.641 bits per heavy atom. The second-order valence-electron chi connectivity index (χ2n) is 26.3. The number of ether oxygens (including phenoxy) is 4. The van der Waals surface area contributed by atoms with E-state index < -0.39 is 97.5 Å². The van der Waals surface area contributed by atoms with E-state index in [1.165, 1.54) is 218 Å². The molecule has 0 amide bonds. The van der Waals surface area contributed by atoms with Crippen molar-refractivity contribution in [1.29, 1.82) is 0 Å². The van der Waals surface area contributed by atoms with Crippen molar-refractivity contribution in [3.63, 3.8) is 0 Å². The summed E-state index contributed by atoms with van der Waals surface area (Å²) in [5.74, 6) is -2.12. The van der Waals surface area contributed by atoms with Crippen LogP contribution in [0.25, 0.3) is 0 Å².